The molecule has 0 aliphatic carbocycles. The summed E-state index contributed by atoms with van der Waals surface area (Å²) in [5, 5.41) is 10.6. The number of methoxy groups -OCH3 is 2. The number of thioether (sulfide) groups is 1. The predicted molar refractivity (Wildman–Crippen MR) is 183 cm³/mol. The Morgan fingerprint density at radius 1 is 0.872 bits per heavy atom. The number of carbonyl (C=O) groups excluding carboxylic acids is 3. The topological polar surface area (TPSA) is 119 Å². The van der Waals surface area contributed by atoms with Gasteiger partial charge in [-0.25, -0.2) is 9.37 Å². The Hall–Kier alpha value is -5.46. The zero-order chi connectivity index (χ0) is 33.2. The Kier molecular flexibility index (Phi) is 11.0. The molecule has 0 bridgehead atoms. The zero-order valence-electron chi connectivity index (χ0n) is 25.3. The smallest absolute Gasteiger partial charge is 0.272 e. The summed E-state index contributed by atoms with van der Waals surface area (Å²) in [5.74, 6) is -0.423. The van der Waals surface area contributed by atoms with Crippen molar-refractivity contribution in [2.24, 2.45) is 0 Å². The van der Waals surface area contributed by atoms with Crippen LogP contribution >= 0.6 is 23.1 Å². The predicted octanol–water partition coefficient (Wildman–Crippen LogP) is 7.11. The molecule has 0 aliphatic rings. The normalized spacial score (nSPS) is 11.0. The highest BCUT2D eigenvalue weighted by atomic mass is 32.2. The minimum absolute atomic E-state index is 0.0289. The third-order valence-electron chi connectivity index (χ3n) is 6.60. The van der Waals surface area contributed by atoms with Crippen LogP contribution in [-0.4, -0.2) is 42.7 Å². The molecule has 0 atom stereocenters. The van der Waals surface area contributed by atoms with Gasteiger partial charge >= 0.3 is 0 Å². The van der Waals surface area contributed by atoms with Crippen molar-refractivity contribution in [3.63, 3.8) is 0 Å². The van der Waals surface area contributed by atoms with E-state index in [1.54, 1.807) is 68.8 Å². The van der Waals surface area contributed by atoms with Crippen LogP contribution in [0.3, 0.4) is 0 Å². The maximum atomic E-state index is 13.5. The quantitative estimate of drug-likeness (QED) is 0.0958. The number of ether oxygens (including phenoxy) is 2. The summed E-state index contributed by atoms with van der Waals surface area (Å²) in [5.41, 5.74) is 2.84. The summed E-state index contributed by atoms with van der Waals surface area (Å²) < 4.78 is 24.1. The Balaban J connectivity index is 1.21. The van der Waals surface area contributed by atoms with E-state index in [9.17, 15) is 18.8 Å². The van der Waals surface area contributed by atoms with Gasteiger partial charge < -0.3 is 25.4 Å². The molecule has 0 unspecified atom stereocenters. The van der Waals surface area contributed by atoms with E-state index in [0.717, 1.165) is 10.5 Å². The molecule has 3 N–H and O–H groups in total. The zero-order valence-corrected chi connectivity index (χ0v) is 26.9. The van der Waals surface area contributed by atoms with Crippen LogP contribution in [0, 0.1) is 5.82 Å². The van der Waals surface area contributed by atoms with Crippen molar-refractivity contribution in [3.05, 3.63) is 125 Å². The lowest BCUT2D eigenvalue weighted by Gasteiger charge is -2.12. The van der Waals surface area contributed by atoms with E-state index in [1.807, 2.05) is 23.6 Å². The van der Waals surface area contributed by atoms with Crippen molar-refractivity contribution in [1.29, 1.82) is 0 Å². The number of carbonyl (C=O) groups is 3. The first-order chi connectivity index (χ1) is 22.8. The van der Waals surface area contributed by atoms with Crippen LogP contribution < -0.4 is 25.4 Å². The second-order valence-corrected chi connectivity index (χ2v) is 11.8. The molecular weight excluding hydrogens is 640 g/mol. The van der Waals surface area contributed by atoms with Crippen molar-refractivity contribution >= 4 is 57.7 Å². The van der Waals surface area contributed by atoms with Crippen LogP contribution in [0.5, 0.6) is 11.5 Å². The molecule has 238 valence electrons. The number of amides is 3. The molecule has 47 heavy (non-hydrogen) atoms. The van der Waals surface area contributed by atoms with E-state index in [0.29, 0.717) is 39.1 Å². The van der Waals surface area contributed by atoms with Gasteiger partial charge in [0, 0.05) is 27.1 Å². The fourth-order valence-corrected chi connectivity index (χ4v) is 5.78. The summed E-state index contributed by atoms with van der Waals surface area (Å²) in [4.78, 5) is 44.2. The SMILES string of the molecule is COc1ccc(-c2csc(NC(=O)CSc3cccc(NC(=O)/C(=C/c4ccc(F)cc4)NC(=O)c4ccccc4)c3)n2)cc1OC. The Morgan fingerprint density at radius 3 is 2.38 bits per heavy atom. The average Bonchev–Trinajstić information content (AvgIpc) is 3.56. The van der Waals surface area contributed by atoms with Gasteiger partial charge in [-0.3, -0.25) is 14.4 Å². The number of nitrogens with zero attached hydrogens (tertiary/aromatic N) is 1. The molecular formula is C35H29FN4O5S2. The highest BCUT2D eigenvalue weighted by Gasteiger charge is 2.16. The highest BCUT2D eigenvalue weighted by molar-refractivity contribution is 8.00. The van der Waals surface area contributed by atoms with Crippen LogP contribution in [0.1, 0.15) is 15.9 Å². The Morgan fingerprint density at radius 2 is 1.64 bits per heavy atom. The third-order valence-corrected chi connectivity index (χ3v) is 8.35. The van der Waals surface area contributed by atoms with Crippen LogP contribution in [0.25, 0.3) is 17.3 Å². The van der Waals surface area contributed by atoms with Crippen molar-refractivity contribution in [2.75, 3.05) is 30.6 Å². The first-order valence-electron chi connectivity index (χ1n) is 14.2. The van der Waals surface area contributed by atoms with Gasteiger partial charge in [0.1, 0.15) is 11.5 Å². The number of halogens is 1. The minimum Gasteiger partial charge on any atom is -0.493 e. The van der Waals surface area contributed by atoms with Gasteiger partial charge in [0.25, 0.3) is 11.8 Å². The number of nitrogens with one attached hydrogen (secondary N) is 3. The highest BCUT2D eigenvalue weighted by Crippen LogP contribution is 2.33. The molecule has 4 aromatic carbocycles. The number of benzene rings is 4. The lowest BCUT2D eigenvalue weighted by Crippen LogP contribution is -2.30. The number of hydrogen-bond donors (Lipinski definition) is 3. The van der Waals surface area contributed by atoms with Gasteiger partial charge in [-0.05, 0) is 72.3 Å². The Labute approximate surface area is 278 Å². The van der Waals surface area contributed by atoms with E-state index < -0.39 is 17.6 Å². The fraction of sp³-hybridized carbons (Fsp3) is 0.0857. The fourth-order valence-electron chi connectivity index (χ4n) is 4.29. The molecule has 0 radical (unpaired) electrons. The van der Waals surface area contributed by atoms with Crippen molar-refractivity contribution < 1.29 is 28.2 Å². The molecule has 3 amide bonds. The number of aromatic nitrogens is 1. The molecule has 9 nitrogen and oxygen atoms in total. The number of thiazole rings is 1. The number of rotatable bonds is 12. The van der Waals surface area contributed by atoms with E-state index in [4.69, 9.17) is 9.47 Å². The number of hydrogen-bond acceptors (Lipinski definition) is 8. The van der Waals surface area contributed by atoms with E-state index in [-0.39, 0.29) is 17.4 Å². The van der Waals surface area contributed by atoms with Gasteiger partial charge in [0.2, 0.25) is 5.91 Å². The largest absolute Gasteiger partial charge is 0.493 e. The van der Waals surface area contributed by atoms with Gasteiger partial charge in [0.05, 0.1) is 25.7 Å². The average molecular weight is 669 g/mol. The molecule has 0 aliphatic heterocycles. The molecule has 0 saturated heterocycles. The monoisotopic (exact) mass is 668 g/mol. The standard InChI is InChI=1S/C35H29FN4O5S2/c1-44-30-16-13-24(18-31(30)45-2)29-20-47-35(39-29)40-32(41)21-46-27-10-6-9-26(19-27)37-34(43)28(17-22-11-14-25(36)15-12-22)38-33(42)23-7-4-3-5-8-23/h3-20H,21H2,1-2H3,(H,37,43)(H,38,42)(H,39,40,41)/b28-17-. The Bertz CT molecular complexity index is 1910. The first-order valence-corrected chi connectivity index (χ1v) is 16.0. The van der Waals surface area contributed by atoms with Gasteiger partial charge in [-0.1, -0.05) is 36.4 Å². The molecule has 0 saturated carbocycles. The van der Waals surface area contributed by atoms with Crippen LogP contribution in [-0.2, 0) is 9.59 Å². The van der Waals surface area contributed by atoms with Crippen molar-refractivity contribution in [3.8, 4) is 22.8 Å². The maximum Gasteiger partial charge on any atom is 0.272 e. The van der Waals surface area contributed by atoms with Gasteiger partial charge in [-0.2, -0.15) is 0 Å². The second-order valence-electron chi connectivity index (χ2n) is 9.86. The molecule has 12 heteroatoms. The lowest BCUT2D eigenvalue weighted by atomic mass is 10.1. The van der Waals surface area contributed by atoms with Gasteiger partial charge in [0.15, 0.2) is 16.6 Å². The van der Waals surface area contributed by atoms with E-state index >= 15 is 0 Å². The summed E-state index contributed by atoms with van der Waals surface area (Å²) in [6.45, 7) is 0. The van der Waals surface area contributed by atoms with Crippen LogP contribution in [0.2, 0.25) is 0 Å². The molecule has 5 rings (SSSR count). The van der Waals surface area contributed by atoms with Crippen LogP contribution in [0.15, 0.2) is 113 Å². The summed E-state index contributed by atoms with van der Waals surface area (Å²) >= 11 is 2.59. The van der Waals surface area contributed by atoms with E-state index in [1.165, 1.54) is 53.4 Å². The number of anilines is 2. The third kappa shape index (κ3) is 9.06. The molecule has 0 spiro atoms. The molecule has 5 aromatic rings. The summed E-state index contributed by atoms with van der Waals surface area (Å²) in [6.07, 6.45) is 1.47. The van der Waals surface area contributed by atoms with Crippen molar-refractivity contribution in [2.45, 2.75) is 4.90 Å². The lowest BCUT2D eigenvalue weighted by molar-refractivity contribution is -0.114. The first kappa shape index (κ1) is 32.9. The van der Waals surface area contributed by atoms with Crippen LogP contribution in [0.4, 0.5) is 15.2 Å². The molecule has 1 aromatic heterocycles. The summed E-state index contributed by atoms with van der Waals surface area (Å²) in [6, 6.07) is 26.5. The minimum atomic E-state index is -0.576. The molecule has 0 fully saturated rings. The maximum absolute atomic E-state index is 13.5. The van der Waals surface area contributed by atoms with E-state index in [2.05, 4.69) is 20.9 Å². The van der Waals surface area contributed by atoms with Gasteiger partial charge in [-0.15, -0.1) is 23.1 Å². The van der Waals surface area contributed by atoms with Crippen molar-refractivity contribution in [1.82, 2.24) is 10.3 Å². The molecule has 1 heterocycles. The second kappa shape index (κ2) is 15.7. The summed E-state index contributed by atoms with van der Waals surface area (Å²) in [7, 11) is 3.13.